The molecular formula is C17H20FN5. The van der Waals surface area contributed by atoms with Gasteiger partial charge >= 0.3 is 0 Å². The van der Waals surface area contributed by atoms with Crippen LogP contribution in [0.15, 0.2) is 42.1 Å². The highest BCUT2D eigenvalue weighted by atomic mass is 19.1. The molecule has 2 aromatic rings. The molecular weight excluding hydrogens is 293 g/mol. The van der Waals surface area contributed by atoms with Gasteiger partial charge in [0.15, 0.2) is 5.82 Å². The molecule has 3 rings (SSSR count). The average molecular weight is 313 g/mol. The zero-order valence-electron chi connectivity index (χ0n) is 12.9. The van der Waals surface area contributed by atoms with E-state index in [1.54, 1.807) is 18.2 Å². The molecule has 0 saturated carbocycles. The van der Waals surface area contributed by atoms with Crippen LogP contribution < -0.4 is 10.6 Å². The van der Waals surface area contributed by atoms with Crippen LogP contribution in [0, 0.1) is 5.82 Å². The lowest BCUT2D eigenvalue weighted by Gasteiger charge is -2.13. The number of hydrogen-bond acceptors (Lipinski definition) is 5. The molecule has 5 nitrogen and oxygen atoms in total. The molecule has 0 spiro atoms. The van der Waals surface area contributed by atoms with Gasteiger partial charge in [-0.1, -0.05) is 23.8 Å². The Morgan fingerprint density at radius 3 is 2.91 bits per heavy atom. The molecule has 2 N–H and O–H groups in total. The van der Waals surface area contributed by atoms with Crippen molar-refractivity contribution >= 4 is 17.5 Å². The van der Waals surface area contributed by atoms with Crippen molar-refractivity contribution < 1.29 is 4.39 Å². The zero-order valence-corrected chi connectivity index (χ0v) is 12.9. The first kappa shape index (κ1) is 15.4. The van der Waals surface area contributed by atoms with Gasteiger partial charge in [-0.05, 0) is 44.2 Å². The van der Waals surface area contributed by atoms with Crippen molar-refractivity contribution in [2.45, 2.75) is 32.1 Å². The molecule has 120 valence electrons. The van der Waals surface area contributed by atoms with E-state index in [-0.39, 0.29) is 5.82 Å². The fraction of sp³-hybridized carbons (Fsp3) is 0.353. The molecule has 0 unspecified atom stereocenters. The summed E-state index contributed by atoms with van der Waals surface area (Å²) in [6.45, 7) is 0.774. The van der Waals surface area contributed by atoms with Crippen molar-refractivity contribution in [2.75, 3.05) is 17.2 Å². The van der Waals surface area contributed by atoms with Gasteiger partial charge < -0.3 is 10.6 Å². The van der Waals surface area contributed by atoms with Crippen LogP contribution in [0.4, 0.5) is 21.8 Å². The molecule has 0 atom stereocenters. The maximum absolute atomic E-state index is 13.6. The molecule has 0 aliphatic heterocycles. The summed E-state index contributed by atoms with van der Waals surface area (Å²) in [5.41, 5.74) is 1.86. The van der Waals surface area contributed by atoms with Gasteiger partial charge in [-0.25, -0.2) is 4.39 Å². The van der Waals surface area contributed by atoms with Gasteiger partial charge in [0.05, 0.1) is 11.9 Å². The minimum absolute atomic E-state index is 0.329. The molecule has 1 aromatic carbocycles. The SMILES string of the molecule is Fc1ccccc1Nc1cnnc(NCCC2=CCCCC2)n1. The van der Waals surface area contributed by atoms with E-state index in [2.05, 4.69) is 31.9 Å². The number of rotatable bonds is 6. The molecule has 1 heterocycles. The van der Waals surface area contributed by atoms with Crippen LogP contribution >= 0.6 is 0 Å². The molecule has 0 amide bonds. The molecule has 0 bridgehead atoms. The van der Waals surface area contributed by atoms with E-state index >= 15 is 0 Å². The number of para-hydroxylation sites is 1. The fourth-order valence-electron chi connectivity index (χ4n) is 2.61. The zero-order chi connectivity index (χ0) is 15.9. The molecule has 0 saturated heterocycles. The predicted octanol–water partition coefficient (Wildman–Crippen LogP) is 4.06. The van der Waals surface area contributed by atoms with Crippen LogP contribution in [0.25, 0.3) is 0 Å². The molecule has 1 aliphatic rings. The van der Waals surface area contributed by atoms with Crippen LogP contribution in [0.5, 0.6) is 0 Å². The minimum Gasteiger partial charge on any atom is -0.353 e. The van der Waals surface area contributed by atoms with Gasteiger partial charge in [-0.15, -0.1) is 5.10 Å². The minimum atomic E-state index is -0.329. The Bertz CT molecular complexity index is 686. The van der Waals surface area contributed by atoms with Crippen molar-refractivity contribution in [3.63, 3.8) is 0 Å². The quantitative estimate of drug-likeness (QED) is 0.788. The highest BCUT2D eigenvalue weighted by Crippen LogP contribution is 2.20. The van der Waals surface area contributed by atoms with Gasteiger partial charge in [-0.3, -0.25) is 0 Å². The van der Waals surface area contributed by atoms with E-state index in [0.29, 0.717) is 17.5 Å². The molecule has 1 aromatic heterocycles. The summed E-state index contributed by atoms with van der Waals surface area (Å²) in [6.07, 6.45) is 9.76. The largest absolute Gasteiger partial charge is 0.353 e. The summed E-state index contributed by atoms with van der Waals surface area (Å²) in [5, 5.41) is 13.9. The number of halogens is 1. The number of allylic oxidation sites excluding steroid dienone is 1. The normalized spacial score (nSPS) is 14.2. The summed E-state index contributed by atoms with van der Waals surface area (Å²) in [6, 6.07) is 6.46. The number of aromatic nitrogens is 3. The van der Waals surface area contributed by atoms with E-state index in [4.69, 9.17) is 0 Å². The second-order valence-electron chi connectivity index (χ2n) is 5.55. The summed E-state index contributed by atoms with van der Waals surface area (Å²) in [4.78, 5) is 4.31. The van der Waals surface area contributed by atoms with Crippen LogP contribution in [-0.2, 0) is 0 Å². The van der Waals surface area contributed by atoms with Crippen molar-refractivity contribution in [3.8, 4) is 0 Å². The number of nitrogens with one attached hydrogen (secondary N) is 2. The smallest absolute Gasteiger partial charge is 0.244 e. The first-order valence-corrected chi connectivity index (χ1v) is 7.94. The van der Waals surface area contributed by atoms with E-state index in [0.717, 1.165) is 13.0 Å². The molecule has 23 heavy (non-hydrogen) atoms. The van der Waals surface area contributed by atoms with Gasteiger partial charge in [0.25, 0.3) is 0 Å². The Kier molecular flexibility index (Phi) is 5.13. The van der Waals surface area contributed by atoms with Crippen molar-refractivity contribution in [1.29, 1.82) is 0 Å². The van der Waals surface area contributed by atoms with Gasteiger partial charge in [-0.2, -0.15) is 10.1 Å². The monoisotopic (exact) mass is 313 g/mol. The molecule has 6 heteroatoms. The number of anilines is 3. The molecule has 1 aliphatic carbocycles. The second kappa shape index (κ2) is 7.67. The lowest BCUT2D eigenvalue weighted by Crippen LogP contribution is -2.09. The third-order valence-electron chi connectivity index (χ3n) is 3.81. The van der Waals surface area contributed by atoms with E-state index in [1.807, 2.05) is 0 Å². The maximum atomic E-state index is 13.6. The van der Waals surface area contributed by atoms with E-state index in [1.165, 1.54) is 43.5 Å². The summed E-state index contributed by atoms with van der Waals surface area (Å²) in [7, 11) is 0. The van der Waals surface area contributed by atoms with Crippen LogP contribution in [0.1, 0.15) is 32.1 Å². The summed E-state index contributed by atoms with van der Waals surface area (Å²) >= 11 is 0. The van der Waals surface area contributed by atoms with Crippen molar-refractivity contribution in [3.05, 3.63) is 47.9 Å². The molecule has 0 fully saturated rings. The Labute approximate surface area is 135 Å². The van der Waals surface area contributed by atoms with Gasteiger partial charge in [0.1, 0.15) is 5.82 Å². The first-order chi connectivity index (χ1) is 11.3. The topological polar surface area (TPSA) is 62.7 Å². The van der Waals surface area contributed by atoms with Crippen molar-refractivity contribution in [2.24, 2.45) is 0 Å². The van der Waals surface area contributed by atoms with E-state index in [9.17, 15) is 4.39 Å². The predicted molar refractivity (Wildman–Crippen MR) is 89.2 cm³/mol. The highest BCUT2D eigenvalue weighted by molar-refractivity contribution is 5.56. The first-order valence-electron chi connectivity index (χ1n) is 7.94. The number of benzene rings is 1. The van der Waals surface area contributed by atoms with Gasteiger partial charge in [0.2, 0.25) is 5.95 Å². The Morgan fingerprint density at radius 2 is 2.09 bits per heavy atom. The Hall–Kier alpha value is -2.50. The third-order valence-corrected chi connectivity index (χ3v) is 3.81. The van der Waals surface area contributed by atoms with Crippen LogP contribution in [-0.4, -0.2) is 21.7 Å². The second-order valence-corrected chi connectivity index (χ2v) is 5.55. The Balaban J connectivity index is 1.57. The van der Waals surface area contributed by atoms with Crippen LogP contribution in [0.3, 0.4) is 0 Å². The average Bonchev–Trinajstić information content (AvgIpc) is 2.58. The molecule has 0 radical (unpaired) electrons. The highest BCUT2D eigenvalue weighted by Gasteiger charge is 2.06. The fourth-order valence-corrected chi connectivity index (χ4v) is 2.61. The number of hydrogen-bond donors (Lipinski definition) is 2. The summed E-state index contributed by atoms with van der Waals surface area (Å²) < 4.78 is 13.6. The van der Waals surface area contributed by atoms with E-state index < -0.39 is 0 Å². The van der Waals surface area contributed by atoms with Crippen molar-refractivity contribution in [1.82, 2.24) is 15.2 Å². The summed E-state index contributed by atoms with van der Waals surface area (Å²) in [5.74, 6) is 0.581. The third kappa shape index (κ3) is 4.48. The lowest BCUT2D eigenvalue weighted by molar-refractivity contribution is 0.631. The lowest BCUT2D eigenvalue weighted by atomic mass is 9.97. The van der Waals surface area contributed by atoms with Crippen LogP contribution in [0.2, 0.25) is 0 Å². The Morgan fingerprint density at radius 1 is 1.17 bits per heavy atom. The maximum Gasteiger partial charge on any atom is 0.244 e. The standard InChI is InChI=1S/C17H20FN5/c18-14-8-4-5-9-15(14)21-16-12-20-23-17(22-16)19-11-10-13-6-2-1-3-7-13/h4-6,8-9,12H,1-3,7,10-11H2,(H2,19,21,22,23). The van der Waals surface area contributed by atoms with Gasteiger partial charge in [0, 0.05) is 6.54 Å². The number of nitrogens with zero attached hydrogens (tertiary/aromatic N) is 3.